The number of para-hydroxylation sites is 1. The van der Waals surface area contributed by atoms with Crippen LogP contribution in [0.3, 0.4) is 0 Å². The number of carbonyl (C=O) groups excluding carboxylic acids is 1. The molecule has 0 aromatic heterocycles. The van der Waals surface area contributed by atoms with Gasteiger partial charge in [-0.25, -0.2) is 4.79 Å². The molecule has 0 aliphatic carbocycles. The fourth-order valence-electron chi connectivity index (χ4n) is 3.99. The maximum atomic E-state index is 13.2. The van der Waals surface area contributed by atoms with Crippen molar-refractivity contribution in [1.82, 2.24) is 5.32 Å². The van der Waals surface area contributed by atoms with Crippen molar-refractivity contribution in [3.63, 3.8) is 0 Å². The zero-order valence-electron chi connectivity index (χ0n) is 21.0. The van der Waals surface area contributed by atoms with Crippen molar-refractivity contribution in [2.24, 2.45) is 0 Å². The van der Waals surface area contributed by atoms with Crippen molar-refractivity contribution < 1.29 is 24.2 Å². The van der Waals surface area contributed by atoms with E-state index in [4.69, 9.17) is 9.47 Å². The Labute approximate surface area is 235 Å². The third-order valence-electron chi connectivity index (χ3n) is 5.95. The summed E-state index contributed by atoms with van der Waals surface area (Å²) in [5.74, 6) is 0.0586. The van der Waals surface area contributed by atoms with E-state index in [1.807, 2.05) is 73.8 Å². The van der Waals surface area contributed by atoms with E-state index in [-0.39, 0.29) is 18.9 Å². The minimum atomic E-state index is -1.03. The number of hydrogen-bond donors (Lipinski definition) is 2. The van der Waals surface area contributed by atoms with Crippen LogP contribution in [0.5, 0.6) is 5.75 Å². The van der Waals surface area contributed by atoms with E-state index >= 15 is 0 Å². The van der Waals surface area contributed by atoms with Gasteiger partial charge in [-0.2, -0.15) is 11.8 Å². The standard InChI is InChI=1S/C29H33NO5S.Li.H/c1-20-8-4-6-10-23(20)25-18-21(19-35-16-14-22-9-5-7-11-27(22)34-2)12-13-24(25)28(31)30-26(29(32)33)15-17-36-3;;/h4-13,18,26H,14-17,19H2,1-3H3,(H,30,31)(H,32,33);;. The van der Waals surface area contributed by atoms with E-state index in [0.717, 1.165) is 40.0 Å². The molecule has 0 radical (unpaired) electrons. The van der Waals surface area contributed by atoms with Crippen LogP contribution in [-0.4, -0.2) is 67.6 Å². The predicted octanol–water partition coefficient (Wildman–Crippen LogP) is 4.72. The van der Waals surface area contributed by atoms with Gasteiger partial charge >= 0.3 is 24.8 Å². The molecular formula is C29H34LiNO5S. The van der Waals surface area contributed by atoms with Crippen molar-refractivity contribution in [3.05, 3.63) is 89.0 Å². The molecular weight excluding hydrogens is 481 g/mol. The van der Waals surface area contributed by atoms with Gasteiger partial charge in [0.1, 0.15) is 11.8 Å². The first-order valence-corrected chi connectivity index (χ1v) is 13.2. The van der Waals surface area contributed by atoms with E-state index in [1.165, 1.54) is 0 Å². The van der Waals surface area contributed by atoms with Gasteiger partial charge < -0.3 is 19.9 Å². The molecule has 1 atom stereocenters. The molecule has 1 amide bonds. The van der Waals surface area contributed by atoms with Crippen LogP contribution in [0.15, 0.2) is 66.7 Å². The van der Waals surface area contributed by atoms with E-state index in [1.54, 1.807) is 24.9 Å². The zero-order valence-corrected chi connectivity index (χ0v) is 21.8. The molecule has 3 aromatic carbocycles. The Bertz CT molecular complexity index is 1190. The summed E-state index contributed by atoms with van der Waals surface area (Å²) in [4.78, 5) is 24.9. The number of rotatable bonds is 13. The number of methoxy groups -OCH3 is 1. The number of hydrogen-bond acceptors (Lipinski definition) is 5. The first kappa shape index (κ1) is 30.5. The molecule has 3 rings (SSSR count). The van der Waals surface area contributed by atoms with Gasteiger partial charge in [-0.15, -0.1) is 0 Å². The molecule has 0 saturated carbocycles. The number of benzene rings is 3. The molecule has 3 aromatic rings. The molecule has 0 bridgehead atoms. The molecule has 0 spiro atoms. The number of ether oxygens (including phenoxy) is 2. The van der Waals surface area contributed by atoms with E-state index < -0.39 is 17.9 Å². The van der Waals surface area contributed by atoms with Gasteiger partial charge in [-0.3, -0.25) is 4.79 Å². The van der Waals surface area contributed by atoms with Gasteiger partial charge in [0, 0.05) is 5.56 Å². The van der Waals surface area contributed by atoms with Gasteiger partial charge in [0.2, 0.25) is 0 Å². The summed E-state index contributed by atoms with van der Waals surface area (Å²) in [5, 5.41) is 12.3. The third-order valence-corrected chi connectivity index (χ3v) is 6.60. The third kappa shape index (κ3) is 8.69. The van der Waals surface area contributed by atoms with Gasteiger partial charge in [0.25, 0.3) is 5.91 Å². The van der Waals surface area contributed by atoms with Crippen molar-refractivity contribution >= 4 is 42.5 Å². The van der Waals surface area contributed by atoms with Gasteiger partial charge in [0.05, 0.1) is 20.3 Å². The molecule has 0 aliphatic rings. The Balaban J connectivity index is 0.00000481. The van der Waals surface area contributed by atoms with E-state index in [0.29, 0.717) is 31.0 Å². The predicted molar refractivity (Wildman–Crippen MR) is 152 cm³/mol. The number of aliphatic carboxylic acids is 1. The Hall–Kier alpha value is -2.69. The fourth-order valence-corrected chi connectivity index (χ4v) is 4.46. The molecule has 0 saturated heterocycles. The average Bonchev–Trinajstić information content (AvgIpc) is 2.89. The first-order chi connectivity index (χ1) is 17.4. The van der Waals surface area contributed by atoms with Gasteiger partial charge in [0.15, 0.2) is 0 Å². The summed E-state index contributed by atoms with van der Waals surface area (Å²) in [6.07, 6.45) is 3.00. The Kier molecular flexibility index (Phi) is 12.8. The number of aryl methyl sites for hydroxylation is 1. The van der Waals surface area contributed by atoms with Crippen LogP contribution in [0.4, 0.5) is 0 Å². The molecule has 192 valence electrons. The molecule has 2 N–H and O–H groups in total. The second-order valence-electron chi connectivity index (χ2n) is 8.46. The van der Waals surface area contributed by atoms with Crippen LogP contribution in [0.2, 0.25) is 0 Å². The molecule has 0 heterocycles. The van der Waals surface area contributed by atoms with E-state index in [9.17, 15) is 14.7 Å². The van der Waals surface area contributed by atoms with Crippen molar-refractivity contribution in [2.75, 3.05) is 25.7 Å². The summed E-state index contributed by atoms with van der Waals surface area (Å²) in [7, 11) is 1.66. The summed E-state index contributed by atoms with van der Waals surface area (Å²) in [5.41, 5.74) is 5.17. The van der Waals surface area contributed by atoms with Crippen LogP contribution < -0.4 is 10.1 Å². The summed E-state index contributed by atoms with van der Waals surface area (Å²) < 4.78 is 11.4. The molecule has 1 unspecified atom stereocenters. The molecule has 8 heteroatoms. The maximum absolute atomic E-state index is 13.2. The van der Waals surface area contributed by atoms with Crippen molar-refractivity contribution in [2.45, 2.75) is 32.4 Å². The average molecular weight is 516 g/mol. The summed E-state index contributed by atoms with van der Waals surface area (Å²) in [6, 6.07) is 20.3. The molecule has 0 aliphatic heterocycles. The summed E-state index contributed by atoms with van der Waals surface area (Å²) in [6.45, 7) is 2.91. The van der Waals surface area contributed by atoms with Crippen LogP contribution in [0.25, 0.3) is 11.1 Å². The Morgan fingerprint density at radius 1 is 1.03 bits per heavy atom. The van der Waals surface area contributed by atoms with Crippen LogP contribution >= 0.6 is 11.8 Å². The number of carboxylic acid groups (broad SMARTS) is 1. The second-order valence-corrected chi connectivity index (χ2v) is 9.44. The van der Waals surface area contributed by atoms with Crippen LogP contribution in [0.1, 0.15) is 33.5 Å². The first-order valence-electron chi connectivity index (χ1n) is 11.9. The quantitative estimate of drug-likeness (QED) is 0.253. The number of nitrogens with one attached hydrogen (secondary N) is 1. The van der Waals surface area contributed by atoms with Crippen molar-refractivity contribution in [1.29, 1.82) is 0 Å². The monoisotopic (exact) mass is 515 g/mol. The van der Waals surface area contributed by atoms with Crippen LogP contribution in [0, 0.1) is 6.92 Å². The number of thioether (sulfide) groups is 1. The number of amides is 1. The topological polar surface area (TPSA) is 84.9 Å². The minimum absolute atomic E-state index is 0. The molecule has 6 nitrogen and oxygen atoms in total. The van der Waals surface area contributed by atoms with Crippen molar-refractivity contribution in [3.8, 4) is 16.9 Å². The Morgan fingerprint density at radius 3 is 2.46 bits per heavy atom. The van der Waals surface area contributed by atoms with Gasteiger partial charge in [-0.05, 0) is 77.8 Å². The number of carbonyl (C=O) groups is 2. The molecule has 37 heavy (non-hydrogen) atoms. The van der Waals surface area contributed by atoms with Crippen LogP contribution in [-0.2, 0) is 22.6 Å². The normalized spacial score (nSPS) is 11.3. The SMILES string of the molecule is COc1ccccc1CCOCc1ccc(C(=O)NC(CCSC)C(=O)O)c(-c2ccccc2C)c1.[LiH]. The second kappa shape index (κ2) is 15.5. The molecule has 0 fully saturated rings. The zero-order chi connectivity index (χ0) is 25.9. The number of carboxylic acids is 1. The van der Waals surface area contributed by atoms with E-state index in [2.05, 4.69) is 5.32 Å². The fraction of sp³-hybridized carbons (Fsp3) is 0.310. The Morgan fingerprint density at radius 2 is 1.76 bits per heavy atom. The van der Waals surface area contributed by atoms with Gasteiger partial charge in [-0.1, -0.05) is 48.5 Å². The summed E-state index contributed by atoms with van der Waals surface area (Å²) >= 11 is 1.55.